The molecule has 0 radical (unpaired) electrons. The fourth-order valence-corrected chi connectivity index (χ4v) is 4.40. The monoisotopic (exact) mass is 384 g/mol. The normalized spacial score (nSPS) is 12.8. The van der Waals surface area contributed by atoms with Crippen LogP contribution in [0.5, 0.6) is 0 Å². The van der Waals surface area contributed by atoms with Crippen LogP contribution in [0.15, 0.2) is 23.6 Å². The highest BCUT2D eigenvalue weighted by Crippen LogP contribution is 2.19. The fourth-order valence-electron chi connectivity index (χ4n) is 2.20. The van der Waals surface area contributed by atoms with Crippen LogP contribution in [-0.4, -0.2) is 24.6 Å². The second kappa shape index (κ2) is 8.05. The van der Waals surface area contributed by atoms with Crippen LogP contribution in [0.1, 0.15) is 36.5 Å². The minimum absolute atomic E-state index is 0.269. The van der Waals surface area contributed by atoms with E-state index < -0.39 is 26.8 Å². The van der Waals surface area contributed by atoms with Gasteiger partial charge in [0.2, 0.25) is 5.91 Å². The molecule has 0 aliphatic heterocycles. The number of hydrogen-bond acceptors (Lipinski definition) is 5. The van der Waals surface area contributed by atoms with E-state index in [0.717, 1.165) is 17.8 Å². The SMILES string of the molecule is CCCc1nc(CS(=O)(=O)C(C)C(=O)Nc2cc(F)ccc2C)cs1. The molecule has 0 aliphatic carbocycles. The highest BCUT2D eigenvalue weighted by atomic mass is 32.2. The third-order valence-corrected chi connectivity index (χ3v) is 6.72. The molecule has 1 atom stereocenters. The summed E-state index contributed by atoms with van der Waals surface area (Å²) in [6.45, 7) is 5.07. The summed E-state index contributed by atoms with van der Waals surface area (Å²) >= 11 is 1.42. The molecule has 1 unspecified atom stereocenters. The Balaban J connectivity index is 2.09. The molecule has 25 heavy (non-hydrogen) atoms. The maximum atomic E-state index is 13.3. The van der Waals surface area contributed by atoms with Crippen molar-refractivity contribution < 1.29 is 17.6 Å². The Morgan fingerprint density at radius 3 is 2.80 bits per heavy atom. The lowest BCUT2D eigenvalue weighted by atomic mass is 10.2. The molecule has 5 nitrogen and oxygen atoms in total. The van der Waals surface area contributed by atoms with Crippen molar-refractivity contribution in [2.24, 2.45) is 0 Å². The predicted molar refractivity (Wildman–Crippen MR) is 98.0 cm³/mol. The molecule has 0 bridgehead atoms. The van der Waals surface area contributed by atoms with Crippen LogP contribution < -0.4 is 5.32 Å². The van der Waals surface area contributed by atoms with Gasteiger partial charge in [-0.3, -0.25) is 4.79 Å². The minimum atomic E-state index is -3.72. The number of halogens is 1. The van der Waals surface area contributed by atoms with Crippen molar-refractivity contribution in [1.29, 1.82) is 0 Å². The van der Waals surface area contributed by atoms with Gasteiger partial charge in [0.15, 0.2) is 9.84 Å². The number of nitrogens with zero attached hydrogens (tertiary/aromatic N) is 1. The number of anilines is 1. The average molecular weight is 384 g/mol. The Labute approximate surface area is 151 Å². The lowest BCUT2D eigenvalue weighted by Crippen LogP contribution is -2.33. The topological polar surface area (TPSA) is 76.1 Å². The smallest absolute Gasteiger partial charge is 0.242 e. The Hall–Kier alpha value is -1.80. The second-order valence-electron chi connectivity index (χ2n) is 5.88. The number of aryl methyl sites for hydroxylation is 2. The van der Waals surface area contributed by atoms with Crippen LogP contribution in [0.3, 0.4) is 0 Å². The van der Waals surface area contributed by atoms with E-state index in [0.29, 0.717) is 11.3 Å². The van der Waals surface area contributed by atoms with E-state index in [1.807, 2.05) is 6.92 Å². The summed E-state index contributed by atoms with van der Waals surface area (Å²) in [4.78, 5) is 16.6. The van der Waals surface area contributed by atoms with Gasteiger partial charge in [0.05, 0.1) is 16.5 Å². The molecule has 8 heteroatoms. The zero-order valence-electron chi connectivity index (χ0n) is 14.4. The fraction of sp³-hybridized carbons (Fsp3) is 0.412. The Morgan fingerprint density at radius 2 is 2.12 bits per heavy atom. The molecule has 2 rings (SSSR count). The highest BCUT2D eigenvalue weighted by molar-refractivity contribution is 7.92. The Bertz CT molecular complexity index is 863. The van der Waals surface area contributed by atoms with Gasteiger partial charge in [0.25, 0.3) is 0 Å². The van der Waals surface area contributed by atoms with Crippen molar-refractivity contribution in [2.45, 2.75) is 44.6 Å². The average Bonchev–Trinajstić information content (AvgIpc) is 2.96. The number of benzene rings is 1. The zero-order chi connectivity index (χ0) is 18.6. The van der Waals surface area contributed by atoms with Crippen molar-refractivity contribution in [2.75, 3.05) is 5.32 Å². The number of thiazole rings is 1. The standard InChI is InChI=1S/C17H21FN2O3S2/c1-4-5-16-19-14(9-24-16)10-25(22,23)12(3)17(21)20-15-8-13(18)7-6-11(15)2/h6-9,12H,4-5,10H2,1-3H3,(H,20,21). The first-order valence-corrected chi connectivity index (χ1v) is 10.5. The largest absolute Gasteiger partial charge is 0.325 e. The van der Waals surface area contributed by atoms with E-state index in [2.05, 4.69) is 10.3 Å². The lowest BCUT2D eigenvalue weighted by Gasteiger charge is -2.14. The number of carbonyl (C=O) groups excluding carboxylic acids is 1. The molecule has 1 heterocycles. The minimum Gasteiger partial charge on any atom is -0.325 e. The van der Waals surface area contributed by atoms with Crippen molar-refractivity contribution in [1.82, 2.24) is 4.98 Å². The van der Waals surface area contributed by atoms with Gasteiger partial charge in [0.1, 0.15) is 11.1 Å². The van der Waals surface area contributed by atoms with E-state index in [9.17, 15) is 17.6 Å². The lowest BCUT2D eigenvalue weighted by molar-refractivity contribution is -0.115. The van der Waals surface area contributed by atoms with Crippen LogP contribution in [-0.2, 0) is 26.8 Å². The molecular formula is C17H21FN2O3S2. The van der Waals surface area contributed by atoms with Crippen molar-refractivity contribution in [3.8, 4) is 0 Å². The number of sulfone groups is 1. The molecule has 1 aromatic heterocycles. The van der Waals surface area contributed by atoms with Gasteiger partial charge in [-0.1, -0.05) is 13.0 Å². The third-order valence-electron chi connectivity index (χ3n) is 3.78. The number of nitrogens with one attached hydrogen (secondary N) is 1. The summed E-state index contributed by atoms with van der Waals surface area (Å²) < 4.78 is 38.3. The van der Waals surface area contributed by atoms with Gasteiger partial charge < -0.3 is 5.32 Å². The Kier molecular flexibility index (Phi) is 6.29. The molecule has 1 amide bonds. The molecule has 0 fully saturated rings. The van der Waals surface area contributed by atoms with E-state index in [1.54, 1.807) is 12.3 Å². The summed E-state index contributed by atoms with van der Waals surface area (Å²) in [5.41, 5.74) is 1.38. The van der Waals surface area contributed by atoms with Gasteiger partial charge in [-0.2, -0.15) is 0 Å². The third kappa shape index (κ3) is 5.09. The molecule has 0 aliphatic rings. The molecule has 0 saturated carbocycles. The summed E-state index contributed by atoms with van der Waals surface area (Å²) in [6.07, 6.45) is 1.74. The van der Waals surface area contributed by atoms with Gasteiger partial charge in [-0.05, 0) is 44.4 Å². The van der Waals surface area contributed by atoms with Crippen LogP contribution in [0, 0.1) is 12.7 Å². The van der Waals surface area contributed by atoms with Crippen LogP contribution in [0.2, 0.25) is 0 Å². The molecule has 136 valence electrons. The number of rotatable bonds is 7. The first kappa shape index (κ1) is 19.5. The van der Waals surface area contributed by atoms with E-state index >= 15 is 0 Å². The van der Waals surface area contributed by atoms with Crippen LogP contribution in [0.4, 0.5) is 10.1 Å². The van der Waals surface area contributed by atoms with Crippen molar-refractivity contribution in [3.63, 3.8) is 0 Å². The summed E-state index contributed by atoms with van der Waals surface area (Å²) in [5, 5.41) is 3.84. The number of aromatic nitrogens is 1. The van der Waals surface area contributed by atoms with E-state index in [4.69, 9.17) is 0 Å². The number of carbonyl (C=O) groups is 1. The maximum absolute atomic E-state index is 13.3. The summed E-state index contributed by atoms with van der Waals surface area (Å²) in [7, 11) is -3.72. The molecule has 0 spiro atoms. The van der Waals surface area contributed by atoms with Crippen LogP contribution >= 0.6 is 11.3 Å². The zero-order valence-corrected chi connectivity index (χ0v) is 16.0. The number of amides is 1. The molecule has 1 N–H and O–H groups in total. The molecule has 1 aromatic carbocycles. The first-order valence-electron chi connectivity index (χ1n) is 7.94. The molecular weight excluding hydrogens is 363 g/mol. The van der Waals surface area contributed by atoms with Gasteiger partial charge >= 0.3 is 0 Å². The van der Waals surface area contributed by atoms with Crippen LogP contribution in [0.25, 0.3) is 0 Å². The van der Waals surface area contributed by atoms with Crippen molar-refractivity contribution in [3.05, 3.63) is 45.7 Å². The molecule has 0 saturated heterocycles. The quantitative estimate of drug-likeness (QED) is 0.793. The van der Waals surface area contributed by atoms with Gasteiger partial charge in [-0.15, -0.1) is 11.3 Å². The molecule has 2 aromatic rings. The maximum Gasteiger partial charge on any atom is 0.242 e. The number of hydrogen-bond donors (Lipinski definition) is 1. The summed E-state index contributed by atoms with van der Waals surface area (Å²) in [6, 6.07) is 3.97. The van der Waals surface area contributed by atoms with Crippen molar-refractivity contribution >= 4 is 32.8 Å². The first-order chi connectivity index (χ1) is 11.7. The summed E-state index contributed by atoms with van der Waals surface area (Å²) in [5.74, 6) is -1.47. The van der Waals surface area contributed by atoms with E-state index in [1.165, 1.54) is 36.5 Å². The second-order valence-corrected chi connectivity index (χ2v) is 9.14. The van der Waals surface area contributed by atoms with Gasteiger partial charge in [-0.25, -0.2) is 17.8 Å². The van der Waals surface area contributed by atoms with Gasteiger partial charge in [0, 0.05) is 11.1 Å². The predicted octanol–water partition coefficient (Wildman–Crippen LogP) is 3.49. The highest BCUT2D eigenvalue weighted by Gasteiger charge is 2.29. The van der Waals surface area contributed by atoms with E-state index in [-0.39, 0.29) is 11.4 Å². The Morgan fingerprint density at radius 1 is 1.40 bits per heavy atom.